The average molecular weight is 367 g/mol. The minimum absolute atomic E-state index is 0. The van der Waals surface area contributed by atoms with Gasteiger partial charge in [-0.15, -0.1) is 4.68 Å². The Kier molecular flexibility index (Phi) is 4.74. The van der Waals surface area contributed by atoms with Crippen LogP contribution in [0.1, 0.15) is 22.3 Å². The average Bonchev–Trinajstić information content (AvgIpc) is 3.03. The van der Waals surface area contributed by atoms with Gasteiger partial charge >= 0.3 is 5.13 Å². The van der Waals surface area contributed by atoms with Crippen LogP contribution in [0.5, 0.6) is 0 Å². The van der Waals surface area contributed by atoms with Crippen LogP contribution in [0.25, 0.3) is 10.9 Å². The first-order chi connectivity index (χ1) is 9.69. The minimum atomic E-state index is 0. The number of Topliss-reactive ketones (excluding diaryl/α,β-unsaturated/α-hetero) is 1. The molecule has 2 heterocycles. The van der Waals surface area contributed by atoms with Gasteiger partial charge < -0.3 is 22.0 Å². The summed E-state index contributed by atoms with van der Waals surface area (Å²) < 4.78 is 1.58. The van der Waals surface area contributed by atoms with Crippen molar-refractivity contribution in [3.63, 3.8) is 0 Å². The van der Waals surface area contributed by atoms with Crippen molar-refractivity contribution < 1.29 is 26.5 Å². The lowest BCUT2D eigenvalue weighted by atomic mass is 10.1. The topological polar surface area (TPSA) is 75.7 Å². The molecular formula is C14H15BrN4OS. The summed E-state index contributed by atoms with van der Waals surface area (Å²) in [4.78, 5) is 15.5. The number of nitrogens with two attached hydrogens (primary N) is 1. The molecule has 3 N–H and O–H groups in total. The molecule has 0 aliphatic rings. The number of ketones is 1. The first-order valence-corrected chi connectivity index (χ1v) is 7.25. The Morgan fingerprint density at radius 1 is 1.43 bits per heavy atom. The molecule has 0 atom stereocenters. The number of halogens is 1. The summed E-state index contributed by atoms with van der Waals surface area (Å²) >= 11 is 1.43. The zero-order valence-corrected chi connectivity index (χ0v) is 13.9. The molecule has 110 valence electrons. The van der Waals surface area contributed by atoms with E-state index in [2.05, 4.69) is 10.1 Å². The second kappa shape index (κ2) is 6.36. The van der Waals surface area contributed by atoms with Crippen LogP contribution in [-0.4, -0.2) is 15.9 Å². The van der Waals surface area contributed by atoms with Gasteiger partial charge in [0.1, 0.15) is 5.01 Å². The molecule has 3 rings (SSSR count). The molecule has 0 fully saturated rings. The lowest BCUT2D eigenvalue weighted by Gasteiger charge is -1.96. The molecule has 0 spiro atoms. The minimum Gasteiger partial charge on any atom is -1.00 e. The molecule has 21 heavy (non-hydrogen) atoms. The van der Waals surface area contributed by atoms with Crippen molar-refractivity contribution in [3.05, 3.63) is 41.0 Å². The molecule has 0 saturated carbocycles. The number of nitrogens with zero attached hydrogens (tertiary/aromatic N) is 2. The Balaban J connectivity index is 0.00000161. The van der Waals surface area contributed by atoms with Gasteiger partial charge in [-0.1, -0.05) is 30.2 Å². The maximum atomic E-state index is 12.4. The number of carbonyl (C=O) groups excluding carboxylic acids is 1. The number of fused-ring (bicyclic) bond motifs is 1. The number of hydrogen-bond acceptors (Lipinski definition) is 4. The van der Waals surface area contributed by atoms with Crippen molar-refractivity contribution in [2.45, 2.75) is 19.9 Å². The molecule has 0 bridgehead atoms. The summed E-state index contributed by atoms with van der Waals surface area (Å²) in [5, 5.41) is 6.77. The van der Waals surface area contributed by atoms with Crippen molar-refractivity contribution in [1.29, 1.82) is 0 Å². The first-order valence-electron chi connectivity index (χ1n) is 6.43. The maximum absolute atomic E-state index is 12.4. The highest BCUT2D eigenvalue weighted by Crippen LogP contribution is 2.18. The first kappa shape index (κ1) is 15.7. The molecule has 7 heteroatoms. The molecule has 1 aromatic carbocycles. The summed E-state index contributed by atoms with van der Waals surface area (Å²) in [6.45, 7) is 2.19. The second-order valence-corrected chi connectivity index (χ2v) is 5.61. The molecule has 0 aliphatic heterocycles. The fourth-order valence-corrected chi connectivity index (χ4v) is 2.89. The highest BCUT2D eigenvalue weighted by atomic mass is 79.9. The highest BCUT2D eigenvalue weighted by molar-refractivity contribution is 7.14. The number of benzene rings is 1. The number of rotatable bonds is 4. The van der Waals surface area contributed by atoms with E-state index >= 15 is 0 Å². The van der Waals surface area contributed by atoms with Gasteiger partial charge in [-0.05, 0) is 17.4 Å². The van der Waals surface area contributed by atoms with E-state index in [-0.39, 0.29) is 29.3 Å². The van der Waals surface area contributed by atoms with E-state index in [0.717, 1.165) is 22.3 Å². The fraction of sp³-hybridized carbons (Fsp3) is 0.214. The van der Waals surface area contributed by atoms with Gasteiger partial charge in [0.05, 0.1) is 0 Å². The monoisotopic (exact) mass is 366 g/mol. The summed E-state index contributed by atoms with van der Waals surface area (Å²) in [7, 11) is 0. The van der Waals surface area contributed by atoms with Gasteiger partial charge in [0, 0.05) is 29.1 Å². The summed E-state index contributed by atoms with van der Waals surface area (Å²) in [6, 6.07) is 7.75. The third-order valence-corrected chi connectivity index (χ3v) is 4.22. The van der Waals surface area contributed by atoms with E-state index in [9.17, 15) is 4.79 Å². The fourth-order valence-electron chi connectivity index (χ4n) is 2.16. The van der Waals surface area contributed by atoms with Crippen LogP contribution < -0.4 is 27.4 Å². The van der Waals surface area contributed by atoms with E-state index in [1.165, 1.54) is 11.3 Å². The van der Waals surface area contributed by atoms with E-state index in [1.807, 2.05) is 31.2 Å². The van der Waals surface area contributed by atoms with Crippen molar-refractivity contribution >= 4 is 33.2 Å². The van der Waals surface area contributed by atoms with E-state index in [1.54, 1.807) is 10.9 Å². The zero-order valence-electron chi connectivity index (χ0n) is 11.5. The van der Waals surface area contributed by atoms with Gasteiger partial charge in [0.2, 0.25) is 5.78 Å². The number of hydrogen-bond donors (Lipinski definition) is 2. The number of aromatic amines is 1. The van der Waals surface area contributed by atoms with E-state index in [4.69, 9.17) is 5.73 Å². The Labute approximate surface area is 136 Å². The summed E-state index contributed by atoms with van der Waals surface area (Å²) in [5.74, 6) is 0.00658. The van der Waals surface area contributed by atoms with Crippen molar-refractivity contribution in [2.24, 2.45) is 0 Å². The molecule has 0 amide bonds. The van der Waals surface area contributed by atoms with E-state index in [0.29, 0.717) is 10.7 Å². The van der Waals surface area contributed by atoms with Crippen LogP contribution >= 0.6 is 11.3 Å². The predicted octanol–water partition coefficient (Wildman–Crippen LogP) is -1.06. The number of anilines is 1. The van der Waals surface area contributed by atoms with Crippen molar-refractivity contribution in [1.82, 2.24) is 10.1 Å². The Bertz CT molecular complexity index is 780. The number of nitrogen functional groups attached to an aromatic ring is 1. The van der Waals surface area contributed by atoms with Crippen LogP contribution in [0, 0.1) is 0 Å². The molecular weight excluding hydrogens is 352 g/mol. The number of carbonyl (C=O) groups is 1. The van der Waals surface area contributed by atoms with Crippen LogP contribution in [0.15, 0.2) is 30.5 Å². The third-order valence-electron chi connectivity index (χ3n) is 3.19. The van der Waals surface area contributed by atoms with Gasteiger partial charge in [0.15, 0.2) is 6.54 Å². The highest BCUT2D eigenvalue weighted by Gasteiger charge is 2.19. The van der Waals surface area contributed by atoms with Gasteiger partial charge in [-0.25, -0.2) is 0 Å². The van der Waals surface area contributed by atoms with Crippen LogP contribution in [0.2, 0.25) is 0 Å². The molecule has 0 unspecified atom stereocenters. The second-order valence-electron chi connectivity index (χ2n) is 4.52. The SMILES string of the molecule is CCc1n[n+](CC(=O)c2c[nH]c3ccccc23)c(N)s1.[Br-]. The van der Waals surface area contributed by atoms with Gasteiger partial charge in [-0.3, -0.25) is 10.5 Å². The lowest BCUT2D eigenvalue weighted by Crippen LogP contribution is -3.00. The Morgan fingerprint density at radius 2 is 2.19 bits per heavy atom. The molecule has 3 aromatic rings. The molecule has 0 radical (unpaired) electrons. The summed E-state index contributed by atoms with van der Waals surface area (Å²) in [5.41, 5.74) is 7.53. The molecule has 2 aromatic heterocycles. The number of para-hydroxylation sites is 1. The standard InChI is InChI=1S/C14H14N4OS.BrH/c1-2-13-17-18(14(15)20-13)8-12(19)10-7-16-11-6-4-3-5-9(10)11;/h3-7,15H,2,8H2,1H3,(H,16,19);1H. The van der Waals surface area contributed by atoms with Crippen LogP contribution in [0.3, 0.4) is 0 Å². The molecule has 0 saturated heterocycles. The Morgan fingerprint density at radius 3 is 2.90 bits per heavy atom. The maximum Gasteiger partial charge on any atom is 0.354 e. The number of nitrogens with one attached hydrogen (secondary N) is 1. The normalized spacial score (nSPS) is 10.5. The third kappa shape index (κ3) is 2.98. The number of aryl methyl sites for hydroxylation is 1. The van der Waals surface area contributed by atoms with Gasteiger partial charge in [0.25, 0.3) is 0 Å². The largest absolute Gasteiger partial charge is 1.00 e. The van der Waals surface area contributed by atoms with Crippen molar-refractivity contribution in [2.75, 3.05) is 5.73 Å². The Hall–Kier alpha value is -1.73. The van der Waals surface area contributed by atoms with E-state index < -0.39 is 0 Å². The predicted molar refractivity (Wildman–Crippen MR) is 78.7 cm³/mol. The molecule has 0 aliphatic carbocycles. The summed E-state index contributed by atoms with van der Waals surface area (Å²) in [6.07, 6.45) is 2.57. The van der Waals surface area contributed by atoms with Crippen LogP contribution in [0.4, 0.5) is 5.13 Å². The van der Waals surface area contributed by atoms with Crippen LogP contribution in [-0.2, 0) is 13.0 Å². The van der Waals surface area contributed by atoms with Crippen molar-refractivity contribution in [3.8, 4) is 0 Å². The smallest absolute Gasteiger partial charge is 0.354 e. The molecule has 5 nitrogen and oxygen atoms in total. The van der Waals surface area contributed by atoms with Gasteiger partial charge in [-0.2, -0.15) is 0 Å². The zero-order chi connectivity index (χ0) is 14.1. The number of aromatic nitrogens is 3. The number of H-pyrrole nitrogens is 1. The lowest BCUT2D eigenvalue weighted by molar-refractivity contribution is -0.723. The quantitative estimate of drug-likeness (QED) is 0.456.